The van der Waals surface area contributed by atoms with Crippen LogP contribution in [0.25, 0.3) is 18.2 Å². The monoisotopic (exact) mass is 648 g/mol. The lowest BCUT2D eigenvalue weighted by Gasteiger charge is -2.39. The number of carbonyl (C=O) groups excluding carboxylic acids is 4. The summed E-state index contributed by atoms with van der Waals surface area (Å²) in [6.07, 6.45) is 10.7. The van der Waals surface area contributed by atoms with Gasteiger partial charge in [0.2, 0.25) is 0 Å². The first-order valence-electron chi connectivity index (χ1n) is 16.4. The van der Waals surface area contributed by atoms with E-state index in [1.807, 2.05) is 71.9 Å². The quantitative estimate of drug-likeness (QED) is 0.191. The molecule has 3 unspecified atom stereocenters. The second-order valence-corrected chi connectivity index (χ2v) is 12.6. The number of esters is 1. The molecule has 0 saturated carbocycles. The Morgan fingerprint density at radius 1 is 1.13 bits per heavy atom. The van der Waals surface area contributed by atoms with Crippen LogP contribution >= 0.6 is 0 Å². The molecule has 1 N–H and O–H groups in total. The Bertz CT molecular complexity index is 1410. The van der Waals surface area contributed by atoms with Gasteiger partial charge in [-0.15, -0.1) is 11.8 Å². The van der Waals surface area contributed by atoms with Gasteiger partial charge >= 0.3 is 12.1 Å². The summed E-state index contributed by atoms with van der Waals surface area (Å²) in [4.78, 5) is 56.8. The number of amides is 1. The Morgan fingerprint density at radius 2 is 1.81 bits per heavy atom. The van der Waals surface area contributed by atoms with Gasteiger partial charge in [0.1, 0.15) is 23.6 Å². The van der Waals surface area contributed by atoms with Crippen LogP contribution in [0.2, 0.25) is 0 Å². The van der Waals surface area contributed by atoms with E-state index in [4.69, 9.17) is 14.2 Å². The standard InChI is InChI=1S/C34H46N2O7.C4H6/c1-9-13-26-25(10-2)18-24(20-35-26)14-12-17-41-33(7)16-15-27(37)22(5)31(39)42-28(11-3)34(8)30(36-32(40)43-34)23(6)29(38)21(4)19-33;1-3-4-2/h9-10,12-14,18,20-23,28,30H,2,11,15-17,19H2,1,3-8H3,(H,36,40);1-2H3/b13-9-,14-12+;/t21-,22?,23?,28-,30?,33+,34-;/m1./s1. The third-order valence-electron chi connectivity index (χ3n) is 8.98. The fraction of sp³-hybridized carbons (Fsp3) is 0.553. The predicted molar refractivity (Wildman–Crippen MR) is 185 cm³/mol. The number of allylic oxidation sites excluding steroid dienone is 1. The van der Waals surface area contributed by atoms with Crippen LogP contribution in [0.1, 0.15) is 105 Å². The van der Waals surface area contributed by atoms with E-state index in [0.717, 1.165) is 16.8 Å². The van der Waals surface area contributed by atoms with Gasteiger partial charge in [-0.25, -0.2) is 4.79 Å². The highest BCUT2D eigenvalue weighted by molar-refractivity contribution is 5.98. The summed E-state index contributed by atoms with van der Waals surface area (Å²) in [5.74, 6) is 2.27. The highest BCUT2D eigenvalue weighted by Crippen LogP contribution is 2.37. The summed E-state index contributed by atoms with van der Waals surface area (Å²) in [5.41, 5.74) is 0.518. The molecule has 47 heavy (non-hydrogen) atoms. The molecule has 1 aromatic heterocycles. The van der Waals surface area contributed by atoms with E-state index in [1.165, 1.54) is 6.92 Å². The maximum Gasteiger partial charge on any atom is 0.408 e. The first-order chi connectivity index (χ1) is 22.2. The van der Waals surface area contributed by atoms with Crippen LogP contribution in [-0.4, -0.2) is 58.6 Å². The third kappa shape index (κ3) is 10.2. The van der Waals surface area contributed by atoms with Crippen LogP contribution in [0.3, 0.4) is 0 Å². The summed E-state index contributed by atoms with van der Waals surface area (Å²) in [6.45, 7) is 20.2. The Morgan fingerprint density at radius 3 is 2.40 bits per heavy atom. The molecule has 9 nitrogen and oxygen atoms in total. The lowest BCUT2D eigenvalue weighted by molar-refractivity contribution is -0.170. The first kappa shape index (κ1) is 39.1. The molecule has 2 fully saturated rings. The molecule has 3 rings (SSSR count). The molecule has 0 bridgehead atoms. The van der Waals surface area contributed by atoms with Crippen LogP contribution in [0.4, 0.5) is 4.79 Å². The average molecular weight is 649 g/mol. The SMILES string of the molecule is C=Cc1cc(/C=C/CO[C@@]2(C)CCC(=O)C(C)C(=O)O[C@H](CC)[C@@]3(C)OC(=O)NC3C(C)C(=O)[C@H](C)C2)cnc1/C=C\C.CC#CC. The number of cyclic esters (lactones) is 1. The van der Waals surface area contributed by atoms with Gasteiger partial charge in [-0.3, -0.25) is 19.4 Å². The summed E-state index contributed by atoms with van der Waals surface area (Å²) in [6, 6.07) is 1.27. The van der Waals surface area contributed by atoms with E-state index in [0.29, 0.717) is 19.3 Å². The summed E-state index contributed by atoms with van der Waals surface area (Å²) >= 11 is 0. The molecule has 1 amide bonds. The van der Waals surface area contributed by atoms with Crippen molar-refractivity contribution < 1.29 is 33.4 Å². The second-order valence-electron chi connectivity index (χ2n) is 12.6. The number of nitrogens with one attached hydrogen (secondary N) is 1. The molecule has 2 saturated heterocycles. The largest absolute Gasteiger partial charge is 0.458 e. The molecular formula is C38H52N2O7. The number of ketones is 2. The highest BCUT2D eigenvalue weighted by Gasteiger charge is 2.56. The van der Waals surface area contributed by atoms with Gasteiger partial charge in [0, 0.05) is 30.0 Å². The number of pyridine rings is 1. The number of alkyl carbamates (subject to hydrolysis) is 1. The van der Waals surface area contributed by atoms with E-state index in [2.05, 4.69) is 28.7 Å². The Hall–Kier alpha value is -4.03. The molecule has 256 valence electrons. The average Bonchev–Trinajstić information content (AvgIpc) is 3.37. The smallest absolute Gasteiger partial charge is 0.408 e. The van der Waals surface area contributed by atoms with Crippen molar-refractivity contribution in [3.8, 4) is 11.8 Å². The topological polar surface area (TPSA) is 121 Å². The van der Waals surface area contributed by atoms with E-state index >= 15 is 0 Å². The maximum atomic E-state index is 13.7. The summed E-state index contributed by atoms with van der Waals surface area (Å²) in [7, 11) is 0. The molecule has 3 heterocycles. The van der Waals surface area contributed by atoms with Gasteiger partial charge in [-0.1, -0.05) is 51.7 Å². The summed E-state index contributed by atoms with van der Waals surface area (Å²) in [5, 5.41) is 2.78. The molecular weight excluding hydrogens is 596 g/mol. The number of Topliss-reactive ketones (excluding diaryl/α,β-unsaturated/α-hetero) is 2. The van der Waals surface area contributed by atoms with Crippen molar-refractivity contribution in [1.29, 1.82) is 0 Å². The minimum absolute atomic E-state index is 0.0745. The van der Waals surface area contributed by atoms with Crippen molar-refractivity contribution in [1.82, 2.24) is 10.3 Å². The van der Waals surface area contributed by atoms with E-state index in [1.54, 1.807) is 26.1 Å². The molecule has 0 aromatic carbocycles. The molecule has 9 heteroatoms. The number of carbonyl (C=O) groups is 4. The van der Waals surface area contributed by atoms with E-state index in [-0.39, 0.29) is 24.6 Å². The van der Waals surface area contributed by atoms with Gasteiger partial charge in [0.05, 0.1) is 23.9 Å². The fourth-order valence-electron chi connectivity index (χ4n) is 6.12. The molecule has 0 aliphatic carbocycles. The highest BCUT2D eigenvalue weighted by atomic mass is 16.6. The fourth-order valence-corrected chi connectivity index (χ4v) is 6.12. The second kappa shape index (κ2) is 17.8. The Kier molecular flexibility index (Phi) is 14.8. The van der Waals surface area contributed by atoms with Crippen molar-refractivity contribution in [3.63, 3.8) is 0 Å². The predicted octanol–water partition coefficient (Wildman–Crippen LogP) is 7.00. The van der Waals surface area contributed by atoms with Crippen LogP contribution in [0, 0.1) is 29.6 Å². The van der Waals surface area contributed by atoms with Crippen LogP contribution in [-0.2, 0) is 28.6 Å². The first-order valence-corrected chi connectivity index (χ1v) is 16.4. The lowest BCUT2D eigenvalue weighted by Crippen LogP contribution is -2.57. The van der Waals surface area contributed by atoms with Crippen LogP contribution < -0.4 is 5.32 Å². The number of rotatable bonds is 7. The molecule has 0 radical (unpaired) electrons. The third-order valence-corrected chi connectivity index (χ3v) is 8.98. The van der Waals surface area contributed by atoms with Gasteiger partial charge < -0.3 is 19.5 Å². The van der Waals surface area contributed by atoms with Gasteiger partial charge in [-0.05, 0) is 78.5 Å². The van der Waals surface area contributed by atoms with Gasteiger partial charge in [0.15, 0.2) is 5.60 Å². The maximum absolute atomic E-state index is 13.7. The molecule has 0 spiro atoms. The number of fused-ring (bicyclic) bond motifs is 1. The number of aromatic nitrogens is 1. The Labute approximate surface area is 280 Å². The van der Waals surface area contributed by atoms with Crippen molar-refractivity contribution in [2.75, 3.05) is 6.61 Å². The number of hydrogen-bond acceptors (Lipinski definition) is 8. The zero-order chi connectivity index (χ0) is 35.4. The normalized spacial score (nSPS) is 30.2. The van der Waals surface area contributed by atoms with Crippen molar-refractivity contribution in [2.45, 2.75) is 111 Å². The summed E-state index contributed by atoms with van der Waals surface area (Å²) < 4.78 is 17.8. The zero-order valence-corrected chi connectivity index (χ0v) is 29.5. The zero-order valence-electron chi connectivity index (χ0n) is 29.5. The minimum atomic E-state index is -1.28. The van der Waals surface area contributed by atoms with Gasteiger partial charge in [0.25, 0.3) is 0 Å². The minimum Gasteiger partial charge on any atom is -0.458 e. The lowest BCUT2D eigenvalue weighted by atomic mass is 9.75. The van der Waals surface area contributed by atoms with Crippen molar-refractivity contribution in [2.24, 2.45) is 17.8 Å². The van der Waals surface area contributed by atoms with Gasteiger partial charge in [-0.2, -0.15) is 0 Å². The number of nitrogens with zero attached hydrogens (tertiary/aromatic N) is 1. The molecule has 7 atom stereocenters. The number of hydrogen-bond donors (Lipinski definition) is 1. The van der Waals surface area contributed by atoms with E-state index < -0.39 is 53.2 Å². The molecule has 1 aromatic rings. The van der Waals surface area contributed by atoms with Crippen LogP contribution in [0.15, 0.2) is 31.0 Å². The number of ether oxygens (including phenoxy) is 3. The van der Waals surface area contributed by atoms with Crippen molar-refractivity contribution >= 4 is 41.9 Å². The van der Waals surface area contributed by atoms with Crippen LogP contribution in [0.5, 0.6) is 0 Å². The Balaban J connectivity index is 0.00000181. The van der Waals surface area contributed by atoms with Crippen molar-refractivity contribution in [3.05, 3.63) is 47.8 Å². The molecule has 2 aliphatic rings. The molecule has 2 aliphatic heterocycles. The van der Waals surface area contributed by atoms with E-state index in [9.17, 15) is 19.2 Å².